The minimum atomic E-state index is -0.401. The van der Waals surface area contributed by atoms with Gasteiger partial charge >= 0.3 is 6.09 Å². The lowest BCUT2D eigenvalue weighted by Crippen LogP contribution is -2.26. The summed E-state index contributed by atoms with van der Waals surface area (Å²) in [5, 5.41) is 2.65. The first-order chi connectivity index (χ1) is 7.08. The largest absolute Gasteiger partial charge is 0.447 e. The van der Waals surface area contributed by atoms with Gasteiger partial charge in [-0.1, -0.05) is 12.1 Å². The van der Waals surface area contributed by atoms with Crippen molar-refractivity contribution < 1.29 is 9.53 Å². The van der Waals surface area contributed by atoms with E-state index in [1.54, 1.807) is 12.1 Å². The summed E-state index contributed by atoms with van der Waals surface area (Å²) in [7, 11) is 0. The molecule has 0 heterocycles. The van der Waals surface area contributed by atoms with Gasteiger partial charge in [0, 0.05) is 12.2 Å². The number of ether oxygens (including phenoxy) is 1. The van der Waals surface area contributed by atoms with E-state index in [1.165, 1.54) is 0 Å². The number of carbonyl (C=O) groups is 1. The molecular weight excluding hydrogens is 228 g/mol. The van der Waals surface area contributed by atoms with Gasteiger partial charge in [0.05, 0.1) is 6.10 Å². The van der Waals surface area contributed by atoms with E-state index in [0.29, 0.717) is 12.2 Å². The number of hydrogen-bond acceptors (Lipinski definition) is 3. The average Bonchev–Trinajstić information content (AvgIpc) is 2.16. The van der Waals surface area contributed by atoms with Gasteiger partial charge in [0.1, 0.15) is 0 Å². The van der Waals surface area contributed by atoms with Crippen molar-refractivity contribution in [2.45, 2.75) is 26.5 Å². The van der Waals surface area contributed by atoms with Gasteiger partial charge in [-0.05, 0) is 31.5 Å². The van der Waals surface area contributed by atoms with Crippen LogP contribution in [0.15, 0.2) is 24.3 Å². The van der Waals surface area contributed by atoms with Gasteiger partial charge < -0.3 is 15.8 Å². The summed E-state index contributed by atoms with van der Waals surface area (Å²) in [4.78, 5) is 11.1. The Kier molecular flexibility index (Phi) is 6.34. The fourth-order valence-corrected chi connectivity index (χ4v) is 1.07. The Morgan fingerprint density at radius 1 is 1.38 bits per heavy atom. The van der Waals surface area contributed by atoms with Gasteiger partial charge in [0.25, 0.3) is 0 Å². The van der Waals surface area contributed by atoms with Crippen LogP contribution in [0, 0.1) is 0 Å². The van der Waals surface area contributed by atoms with Gasteiger partial charge in [-0.25, -0.2) is 4.79 Å². The molecule has 0 saturated heterocycles. The minimum absolute atomic E-state index is 0. The van der Waals surface area contributed by atoms with Crippen LogP contribution in [0.2, 0.25) is 0 Å². The highest BCUT2D eigenvalue weighted by Gasteiger charge is 2.03. The molecule has 0 unspecified atom stereocenters. The molecule has 5 heteroatoms. The predicted octanol–water partition coefficient (Wildman–Crippen LogP) is 2.33. The molecule has 1 amide bonds. The van der Waals surface area contributed by atoms with Crippen molar-refractivity contribution in [2.75, 3.05) is 5.73 Å². The third-order valence-corrected chi connectivity index (χ3v) is 1.76. The molecule has 1 aromatic rings. The number of hydrogen-bond donors (Lipinski definition) is 2. The topological polar surface area (TPSA) is 64.3 Å². The van der Waals surface area contributed by atoms with Gasteiger partial charge in [-0.15, -0.1) is 12.4 Å². The molecule has 0 saturated carbocycles. The summed E-state index contributed by atoms with van der Waals surface area (Å²) < 4.78 is 4.92. The third kappa shape index (κ3) is 5.46. The molecular formula is C11H17ClN2O2. The average molecular weight is 245 g/mol. The molecule has 0 spiro atoms. The van der Waals surface area contributed by atoms with Gasteiger partial charge in [-0.2, -0.15) is 0 Å². The molecule has 0 radical (unpaired) electrons. The predicted molar refractivity (Wildman–Crippen MR) is 66.6 cm³/mol. The first-order valence-electron chi connectivity index (χ1n) is 4.87. The summed E-state index contributed by atoms with van der Waals surface area (Å²) in [5.74, 6) is 0. The molecule has 1 rings (SSSR count). The van der Waals surface area contributed by atoms with Crippen LogP contribution in [0.4, 0.5) is 10.5 Å². The van der Waals surface area contributed by atoms with Crippen molar-refractivity contribution in [3.05, 3.63) is 29.8 Å². The summed E-state index contributed by atoms with van der Waals surface area (Å²) in [5.41, 5.74) is 7.24. The number of nitrogens with one attached hydrogen (secondary N) is 1. The molecule has 90 valence electrons. The van der Waals surface area contributed by atoms with Gasteiger partial charge in [0.15, 0.2) is 0 Å². The third-order valence-electron chi connectivity index (χ3n) is 1.76. The lowest BCUT2D eigenvalue weighted by atomic mass is 10.2. The van der Waals surface area contributed by atoms with Crippen molar-refractivity contribution in [2.24, 2.45) is 0 Å². The van der Waals surface area contributed by atoms with Gasteiger partial charge in [0.2, 0.25) is 0 Å². The molecule has 0 aliphatic carbocycles. The highest BCUT2D eigenvalue weighted by molar-refractivity contribution is 5.85. The first kappa shape index (κ1) is 14.6. The number of alkyl carbamates (subject to hydrolysis) is 1. The van der Waals surface area contributed by atoms with E-state index >= 15 is 0 Å². The lowest BCUT2D eigenvalue weighted by molar-refractivity contribution is 0.115. The van der Waals surface area contributed by atoms with Crippen molar-refractivity contribution in [3.63, 3.8) is 0 Å². The van der Waals surface area contributed by atoms with Crippen LogP contribution < -0.4 is 11.1 Å². The zero-order valence-corrected chi connectivity index (χ0v) is 10.2. The molecule has 0 atom stereocenters. The second kappa shape index (κ2) is 6.95. The molecule has 0 fully saturated rings. The highest BCUT2D eigenvalue weighted by Crippen LogP contribution is 2.04. The molecule has 4 nitrogen and oxygen atoms in total. The quantitative estimate of drug-likeness (QED) is 0.802. The molecule has 1 aromatic carbocycles. The highest BCUT2D eigenvalue weighted by atomic mass is 35.5. The number of amides is 1. The maximum atomic E-state index is 11.1. The Bertz CT molecular complexity index is 325. The van der Waals surface area contributed by atoms with Crippen molar-refractivity contribution in [3.8, 4) is 0 Å². The Balaban J connectivity index is 0.00000225. The Labute approximate surface area is 102 Å². The van der Waals surface area contributed by atoms with E-state index < -0.39 is 6.09 Å². The number of benzene rings is 1. The maximum absolute atomic E-state index is 11.1. The summed E-state index contributed by atoms with van der Waals surface area (Å²) in [6.07, 6.45) is -0.502. The molecule has 0 aliphatic rings. The number of rotatable bonds is 3. The normalized spacial score (nSPS) is 9.44. The number of nitrogens with two attached hydrogens (primary N) is 1. The van der Waals surface area contributed by atoms with E-state index in [0.717, 1.165) is 5.56 Å². The zero-order chi connectivity index (χ0) is 11.3. The van der Waals surface area contributed by atoms with E-state index in [4.69, 9.17) is 10.5 Å². The number of anilines is 1. The van der Waals surface area contributed by atoms with Crippen LogP contribution in [0.3, 0.4) is 0 Å². The fourth-order valence-electron chi connectivity index (χ4n) is 1.07. The second-order valence-corrected chi connectivity index (χ2v) is 3.55. The van der Waals surface area contributed by atoms with Gasteiger partial charge in [-0.3, -0.25) is 0 Å². The van der Waals surface area contributed by atoms with Crippen LogP contribution in [0.25, 0.3) is 0 Å². The number of nitrogen functional groups attached to an aromatic ring is 1. The van der Waals surface area contributed by atoms with Crippen LogP contribution in [-0.4, -0.2) is 12.2 Å². The maximum Gasteiger partial charge on any atom is 0.407 e. The van der Waals surface area contributed by atoms with Crippen LogP contribution >= 0.6 is 12.4 Å². The second-order valence-electron chi connectivity index (χ2n) is 3.55. The van der Waals surface area contributed by atoms with Crippen LogP contribution in [0.1, 0.15) is 19.4 Å². The SMILES string of the molecule is CC(C)OC(=O)NCc1ccc(N)cc1.Cl. The Hall–Kier alpha value is -1.42. The van der Waals surface area contributed by atoms with E-state index in [2.05, 4.69) is 5.32 Å². The smallest absolute Gasteiger partial charge is 0.407 e. The fraction of sp³-hybridized carbons (Fsp3) is 0.364. The Morgan fingerprint density at radius 3 is 2.44 bits per heavy atom. The minimum Gasteiger partial charge on any atom is -0.447 e. The van der Waals surface area contributed by atoms with Crippen molar-refractivity contribution >= 4 is 24.2 Å². The standard InChI is InChI=1S/C11H16N2O2.ClH/c1-8(2)15-11(14)13-7-9-3-5-10(12)6-4-9;/h3-6,8H,7,12H2,1-2H3,(H,13,14);1H. The first-order valence-corrected chi connectivity index (χ1v) is 4.87. The van der Waals surface area contributed by atoms with E-state index in [9.17, 15) is 4.79 Å². The molecule has 3 N–H and O–H groups in total. The summed E-state index contributed by atoms with van der Waals surface area (Å²) in [6, 6.07) is 7.32. The number of halogens is 1. The lowest BCUT2D eigenvalue weighted by Gasteiger charge is -2.09. The zero-order valence-electron chi connectivity index (χ0n) is 9.40. The molecule has 0 aromatic heterocycles. The van der Waals surface area contributed by atoms with Crippen molar-refractivity contribution in [1.82, 2.24) is 5.32 Å². The Morgan fingerprint density at radius 2 is 1.94 bits per heavy atom. The van der Waals surface area contributed by atoms with E-state index in [1.807, 2.05) is 26.0 Å². The molecule has 16 heavy (non-hydrogen) atoms. The monoisotopic (exact) mass is 244 g/mol. The van der Waals surface area contributed by atoms with Crippen LogP contribution in [0.5, 0.6) is 0 Å². The summed E-state index contributed by atoms with van der Waals surface area (Å²) >= 11 is 0. The van der Waals surface area contributed by atoms with Crippen molar-refractivity contribution in [1.29, 1.82) is 0 Å². The summed E-state index contributed by atoms with van der Waals surface area (Å²) in [6.45, 7) is 4.07. The van der Waals surface area contributed by atoms with E-state index in [-0.39, 0.29) is 18.5 Å². The number of carbonyl (C=O) groups excluding carboxylic acids is 1. The molecule has 0 bridgehead atoms. The molecule has 0 aliphatic heterocycles. The van der Waals surface area contributed by atoms with Crippen LogP contribution in [-0.2, 0) is 11.3 Å².